The molecule has 1 saturated carbocycles. The van der Waals surface area contributed by atoms with Crippen molar-refractivity contribution in [1.29, 1.82) is 0 Å². The van der Waals surface area contributed by atoms with Crippen LogP contribution in [0.15, 0.2) is 0 Å². The van der Waals surface area contributed by atoms with Crippen molar-refractivity contribution in [2.24, 2.45) is 10.8 Å². The molecule has 0 saturated heterocycles. The highest BCUT2D eigenvalue weighted by Gasteiger charge is 2.52. The zero-order valence-electron chi connectivity index (χ0n) is 7.59. The van der Waals surface area contributed by atoms with E-state index in [2.05, 4.69) is 0 Å². The van der Waals surface area contributed by atoms with Gasteiger partial charge in [0, 0.05) is 5.41 Å². The van der Waals surface area contributed by atoms with Gasteiger partial charge in [0.2, 0.25) is 0 Å². The van der Waals surface area contributed by atoms with Crippen molar-refractivity contribution in [3.63, 3.8) is 0 Å². The van der Waals surface area contributed by atoms with Crippen LogP contribution >= 0.6 is 0 Å². The summed E-state index contributed by atoms with van der Waals surface area (Å²) in [7, 11) is 0. The van der Waals surface area contributed by atoms with Crippen molar-refractivity contribution in [1.82, 2.24) is 0 Å². The zero-order valence-corrected chi connectivity index (χ0v) is 7.59. The summed E-state index contributed by atoms with van der Waals surface area (Å²) in [4.78, 5) is 0. The van der Waals surface area contributed by atoms with E-state index < -0.39 is 0 Å². The zero-order chi connectivity index (χ0) is 8.70. The molecule has 11 heavy (non-hydrogen) atoms. The third-order valence-corrected chi connectivity index (χ3v) is 2.61. The molecule has 1 rings (SSSR count). The van der Waals surface area contributed by atoms with Crippen LogP contribution in [0.2, 0.25) is 0 Å². The maximum Gasteiger partial charge on any atom is 0.0666 e. The Labute approximate surface area is 68.2 Å². The van der Waals surface area contributed by atoms with E-state index in [1.54, 1.807) is 0 Å². The van der Waals surface area contributed by atoms with Gasteiger partial charge in [-0.05, 0) is 18.3 Å². The van der Waals surface area contributed by atoms with Crippen LogP contribution in [-0.2, 0) is 0 Å². The normalized spacial score (nSPS) is 24.8. The van der Waals surface area contributed by atoms with E-state index in [-0.39, 0.29) is 23.5 Å². The first-order valence-electron chi connectivity index (χ1n) is 4.21. The minimum atomic E-state index is -0.361. The standard InChI is InChI=1S/C9H18O2/c1-8(2,3)7(11)9(6-10)4-5-9/h7,10-11H,4-6H2,1-3H3/t7-/m1/s1. The number of hydrogen-bond acceptors (Lipinski definition) is 2. The molecule has 0 aromatic rings. The van der Waals surface area contributed by atoms with Gasteiger partial charge in [-0.25, -0.2) is 0 Å². The lowest BCUT2D eigenvalue weighted by molar-refractivity contribution is -0.0237. The molecule has 0 bridgehead atoms. The monoisotopic (exact) mass is 158 g/mol. The summed E-state index contributed by atoms with van der Waals surface area (Å²) in [6.07, 6.45) is 1.59. The molecule has 2 nitrogen and oxygen atoms in total. The van der Waals surface area contributed by atoms with Gasteiger partial charge >= 0.3 is 0 Å². The van der Waals surface area contributed by atoms with E-state index >= 15 is 0 Å². The molecule has 66 valence electrons. The Hall–Kier alpha value is -0.0800. The van der Waals surface area contributed by atoms with E-state index in [9.17, 15) is 5.11 Å². The predicted molar refractivity (Wildman–Crippen MR) is 44.2 cm³/mol. The van der Waals surface area contributed by atoms with Crippen LogP contribution in [0.4, 0.5) is 0 Å². The summed E-state index contributed by atoms with van der Waals surface area (Å²) in [5.41, 5.74) is -0.252. The first-order valence-corrected chi connectivity index (χ1v) is 4.21. The summed E-state index contributed by atoms with van der Waals surface area (Å²) in [5, 5.41) is 18.8. The quantitative estimate of drug-likeness (QED) is 0.633. The van der Waals surface area contributed by atoms with Crippen LogP contribution in [0, 0.1) is 10.8 Å². The Bertz CT molecular complexity index is 142. The molecule has 0 aromatic carbocycles. The molecule has 1 fully saturated rings. The van der Waals surface area contributed by atoms with Gasteiger partial charge in [0.05, 0.1) is 12.7 Å². The fourth-order valence-corrected chi connectivity index (χ4v) is 1.60. The summed E-state index contributed by atoms with van der Waals surface area (Å²) >= 11 is 0. The Kier molecular flexibility index (Phi) is 2.01. The SMILES string of the molecule is CC(C)(C)[C@@H](O)C1(CO)CC1. The largest absolute Gasteiger partial charge is 0.396 e. The molecular formula is C9H18O2. The van der Waals surface area contributed by atoms with Crippen molar-refractivity contribution in [2.75, 3.05) is 6.61 Å². The Morgan fingerprint density at radius 3 is 1.91 bits per heavy atom. The van der Waals surface area contributed by atoms with Crippen LogP contribution in [0.25, 0.3) is 0 Å². The topological polar surface area (TPSA) is 40.5 Å². The first-order chi connectivity index (χ1) is 4.92. The summed E-state index contributed by atoms with van der Waals surface area (Å²) < 4.78 is 0. The molecule has 0 amide bonds. The smallest absolute Gasteiger partial charge is 0.0666 e. The average molecular weight is 158 g/mol. The Morgan fingerprint density at radius 2 is 1.82 bits per heavy atom. The van der Waals surface area contributed by atoms with Crippen LogP contribution in [-0.4, -0.2) is 22.9 Å². The molecule has 0 aromatic heterocycles. The second kappa shape index (κ2) is 2.46. The van der Waals surface area contributed by atoms with Gasteiger partial charge < -0.3 is 10.2 Å². The highest BCUT2D eigenvalue weighted by atomic mass is 16.3. The molecule has 0 radical (unpaired) electrons. The van der Waals surface area contributed by atoms with Crippen molar-refractivity contribution >= 4 is 0 Å². The predicted octanol–water partition coefficient (Wildman–Crippen LogP) is 1.17. The van der Waals surface area contributed by atoms with E-state index in [1.807, 2.05) is 20.8 Å². The fourth-order valence-electron chi connectivity index (χ4n) is 1.60. The number of aliphatic hydroxyl groups excluding tert-OH is 2. The van der Waals surface area contributed by atoms with Crippen molar-refractivity contribution in [3.8, 4) is 0 Å². The third kappa shape index (κ3) is 1.57. The minimum Gasteiger partial charge on any atom is -0.396 e. The van der Waals surface area contributed by atoms with Gasteiger partial charge in [0.15, 0.2) is 0 Å². The summed E-state index contributed by atoms with van der Waals surface area (Å²) in [6, 6.07) is 0. The molecule has 1 aliphatic carbocycles. The van der Waals surface area contributed by atoms with Crippen molar-refractivity contribution < 1.29 is 10.2 Å². The first kappa shape index (κ1) is 9.01. The van der Waals surface area contributed by atoms with Gasteiger partial charge in [-0.3, -0.25) is 0 Å². The Morgan fingerprint density at radius 1 is 1.36 bits per heavy atom. The van der Waals surface area contributed by atoms with Gasteiger partial charge in [0.25, 0.3) is 0 Å². The van der Waals surface area contributed by atoms with Crippen LogP contribution in [0.5, 0.6) is 0 Å². The second-order valence-corrected chi connectivity index (χ2v) is 4.79. The molecule has 0 spiro atoms. The average Bonchev–Trinajstić information content (AvgIpc) is 2.64. The van der Waals surface area contributed by atoms with E-state index in [1.165, 1.54) is 0 Å². The highest BCUT2D eigenvalue weighted by molar-refractivity contribution is 5.02. The maximum atomic E-state index is 9.82. The van der Waals surface area contributed by atoms with Gasteiger partial charge in [-0.15, -0.1) is 0 Å². The molecule has 0 heterocycles. The van der Waals surface area contributed by atoms with E-state index in [0.29, 0.717) is 0 Å². The fraction of sp³-hybridized carbons (Fsp3) is 1.00. The van der Waals surface area contributed by atoms with Gasteiger partial charge in [-0.2, -0.15) is 0 Å². The molecule has 2 N–H and O–H groups in total. The van der Waals surface area contributed by atoms with Crippen LogP contribution in [0.3, 0.4) is 0 Å². The Balaban J connectivity index is 2.61. The minimum absolute atomic E-state index is 0.0980. The third-order valence-electron chi connectivity index (χ3n) is 2.61. The molecule has 0 aliphatic heterocycles. The summed E-state index contributed by atoms with van der Waals surface area (Å²) in [5.74, 6) is 0. The molecule has 0 unspecified atom stereocenters. The van der Waals surface area contributed by atoms with E-state index in [4.69, 9.17) is 5.11 Å². The van der Waals surface area contributed by atoms with Crippen LogP contribution in [0.1, 0.15) is 33.6 Å². The lowest BCUT2D eigenvalue weighted by atomic mass is 9.79. The van der Waals surface area contributed by atoms with E-state index in [0.717, 1.165) is 12.8 Å². The number of aliphatic hydroxyl groups is 2. The van der Waals surface area contributed by atoms with Crippen molar-refractivity contribution in [3.05, 3.63) is 0 Å². The molecule has 2 heteroatoms. The molecular weight excluding hydrogens is 140 g/mol. The maximum absolute atomic E-state index is 9.82. The van der Waals surface area contributed by atoms with Crippen LogP contribution < -0.4 is 0 Å². The van der Waals surface area contributed by atoms with Crippen molar-refractivity contribution in [2.45, 2.75) is 39.7 Å². The number of hydrogen-bond donors (Lipinski definition) is 2. The lowest BCUT2D eigenvalue weighted by Crippen LogP contribution is -2.37. The lowest BCUT2D eigenvalue weighted by Gasteiger charge is -2.32. The van der Waals surface area contributed by atoms with Gasteiger partial charge in [-0.1, -0.05) is 20.8 Å². The highest BCUT2D eigenvalue weighted by Crippen LogP contribution is 2.52. The van der Waals surface area contributed by atoms with Gasteiger partial charge in [0.1, 0.15) is 0 Å². The molecule has 1 aliphatic rings. The summed E-state index contributed by atoms with van der Waals surface area (Å²) in [6.45, 7) is 6.15. The number of rotatable bonds is 2. The second-order valence-electron chi connectivity index (χ2n) is 4.79. The molecule has 1 atom stereocenters.